The molecule has 1 aromatic rings. The Balaban J connectivity index is 2.18. The van der Waals surface area contributed by atoms with Crippen molar-refractivity contribution in [1.29, 1.82) is 0 Å². The fraction of sp³-hybridized carbons (Fsp3) is 0.727. The zero-order valence-electron chi connectivity index (χ0n) is 10.2. The van der Waals surface area contributed by atoms with Crippen molar-refractivity contribution in [3.8, 4) is 0 Å². The average Bonchev–Trinajstić information content (AvgIpc) is 2.70. The number of nitrogens with zero attached hydrogens (tertiary/aromatic N) is 2. The standard InChI is InChI=1S/C11H21N3O2/c1-11(2,16-3)9-12-7-10(15)8-14-6-4-5-13-14/h4-6,10,12,15H,7-9H2,1-3H3. The Labute approximate surface area is 96.4 Å². The van der Waals surface area contributed by atoms with Crippen LogP contribution in [-0.4, -0.2) is 46.8 Å². The summed E-state index contributed by atoms with van der Waals surface area (Å²) in [4.78, 5) is 0. The molecule has 1 rings (SSSR count). The molecule has 5 nitrogen and oxygen atoms in total. The summed E-state index contributed by atoms with van der Waals surface area (Å²) >= 11 is 0. The second-order valence-electron chi connectivity index (χ2n) is 4.48. The summed E-state index contributed by atoms with van der Waals surface area (Å²) in [6.45, 7) is 5.75. The first-order valence-corrected chi connectivity index (χ1v) is 5.45. The predicted molar refractivity (Wildman–Crippen MR) is 62.2 cm³/mol. The molecule has 0 radical (unpaired) electrons. The Morgan fingerprint density at radius 2 is 2.31 bits per heavy atom. The molecule has 0 fully saturated rings. The molecule has 1 unspecified atom stereocenters. The summed E-state index contributed by atoms with van der Waals surface area (Å²) in [5, 5.41) is 16.9. The summed E-state index contributed by atoms with van der Waals surface area (Å²) in [7, 11) is 1.68. The van der Waals surface area contributed by atoms with Crippen LogP contribution < -0.4 is 5.32 Å². The maximum atomic E-state index is 9.73. The zero-order chi connectivity index (χ0) is 12.0. The Kier molecular flexibility index (Phi) is 4.92. The summed E-state index contributed by atoms with van der Waals surface area (Å²) in [6, 6.07) is 1.84. The van der Waals surface area contributed by atoms with Gasteiger partial charge in [-0.3, -0.25) is 4.68 Å². The van der Waals surface area contributed by atoms with Crippen molar-refractivity contribution < 1.29 is 9.84 Å². The average molecular weight is 227 g/mol. The Morgan fingerprint density at radius 3 is 2.88 bits per heavy atom. The van der Waals surface area contributed by atoms with Crippen molar-refractivity contribution in [3.63, 3.8) is 0 Å². The van der Waals surface area contributed by atoms with Crippen LogP contribution in [0.2, 0.25) is 0 Å². The SMILES string of the molecule is COC(C)(C)CNCC(O)Cn1cccn1. The van der Waals surface area contributed by atoms with Gasteiger partial charge in [0.25, 0.3) is 0 Å². The van der Waals surface area contributed by atoms with Gasteiger partial charge in [-0.1, -0.05) is 0 Å². The van der Waals surface area contributed by atoms with Gasteiger partial charge in [-0.15, -0.1) is 0 Å². The highest BCUT2D eigenvalue weighted by molar-refractivity contribution is 4.79. The normalized spacial score (nSPS) is 14.0. The van der Waals surface area contributed by atoms with Crippen LogP contribution in [0.25, 0.3) is 0 Å². The highest BCUT2D eigenvalue weighted by Gasteiger charge is 2.16. The first-order valence-electron chi connectivity index (χ1n) is 5.45. The van der Waals surface area contributed by atoms with E-state index in [1.54, 1.807) is 18.0 Å². The van der Waals surface area contributed by atoms with Crippen molar-refractivity contribution >= 4 is 0 Å². The molecule has 1 aromatic heterocycles. The third-order valence-corrected chi connectivity index (χ3v) is 2.44. The molecule has 1 atom stereocenters. The minimum Gasteiger partial charge on any atom is -0.390 e. The fourth-order valence-electron chi connectivity index (χ4n) is 1.30. The van der Waals surface area contributed by atoms with Crippen LogP contribution in [0.5, 0.6) is 0 Å². The molecule has 16 heavy (non-hydrogen) atoms. The van der Waals surface area contributed by atoms with E-state index in [0.29, 0.717) is 19.6 Å². The van der Waals surface area contributed by atoms with E-state index < -0.39 is 6.10 Å². The summed E-state index contributed by atoms with van der Waals surface area (Å²) in [5.74, 6) is 0. The lowest BCUT2D eigenvalue weighted by molar-refractivity contribution is 0.0202. The van der Waals surface area contributed by atoms with Crippen LogP contribution >= 0.6 is 0 Å². The molecule has 0 aliphatic rings. The third-order valence-electron chi connectivity index (χ3n) is 2.44. The molecule has 0 aliphatic heterocycles. The molecular weight excluding hydrogens is 206 g/mol. The quantitative estimate of drug-likeness (QED) is 0.701. The molecule has 0 saturated heterocycles. The van der Waals surface area contributed by atoms with E-state index in [-0.39, 0.29) is 5.60 Å². The minimum atomic E-state index is -0.437. The lowest BCUT2D eigenvalue weighted by Crippen LogP contribution is -2.40. The van der Waals surface area contributed by atoms with Crippen LogP contribution in [0.3, 0.4) is 0 Å². The van der Waals surface area contributed by atoms with Gasteiger partial charge >= 0.3 is 0 Å². The monoisotopic (exact) mass is 227 g/mol. The van der Waals surface area contributed by atoms with Crippen LogP contribution in [0.1, 0.15) is 13.8 Å². The molecule has 0 bridgehead atoms. The Hall–Kier alpha value is -0.910. The van der Waals surface area contributed by atoms with Gasteiger partial charge in [0.15, 0.2) is 0 Å². The lowest BCUT2D eigenvalue weighted by Gasteiger charge is -2.24. The second-order valence-corrected chi connectivity index (χ2v) is 4.48. The number of nitrogens with one attached hydrogen (secondary N) is 1. The fourth-order valence-corrected chi connectivity index (χ4v) is 1.30. The number of aliphatic hydroxyl groups is 1. The van der Waals surface area contributed by atoms with Crippen molar-refractivity contribution in [3.05, 3.63) is 18.5 Å². The summed E-state index contributed by atoms with van der Waals surface area (Å²) in [5.41, 5.74) is -0.203. The molecule has 1 heterocycles. The first-order chi connectivity index (χ1) is 7.53. The Bertz CT molecular complexity index is 285. The van der Waals surface area contributed by atoms with Crippen molar-refractivity contribution in [2.24, 2.45) is 0 Å². The maximum Gasteiger partial charge on any atom is 0.0860 e. The van der Waals surface area contributed by atoms with E-state index in [1.165, 1.54) is 0 Å². The molecule has 0 aliphatic carbocycles. The minimum absolute atomic E-state index is 0.203. The van der Waals surface area contributed by atoms with E-state index in [1.807, 2.05) is 26.1 Å². The van der Waals surface area contributed by atoms with E-state index in [0.717, 1.165) is 0 Å². The third kappa shape index (κ3) is 4.74. The van der Waals surface area contributed by atoms with Gasteiger partial charge in [0, 0.05) is 32.6 Å². The van der Waals surface area contributed by atoms with Gasteiger partial charge in [0.2, 0.25) is 0 Å². The number of aliphatic hydroxyl groups excluding tert-OH is 1. The molecular formula is C11H21N3O2. The second kappa shape index (κ2) is 5.98. The predicted octanol–water partition coefficient (Wildman–Crippen LogP) is 0.259. The van der Waals surface area contributed by atoms with Crippen molar-refractivity contribution in [2.75, 3.05) is 20.2 Å². The van der Waals surface area contributed by atoms with E-state index in [9.17, 15) is 5.11 Å². The molecule has 2 N–H and O–H groups in total. The van der Waals surface area contributed by atoms with Crippen molar-refractivity contribution in [2.45, 2.75) is 32.1 Å². The number of hydrogen-bond acceptors (Lipinski definition) is 4. The topological polar surface area (TPSA) is 59.3 Å². The van der Waals surface area contributed by atoms with Crippen molar-refractivity contribution in [1.82, 2.24) is 15.1 Å². The molecule has 0 spiro atoms. The highest BCUT2D eigenvalue weighted by atomic mass is 16.5. The molecule has 0 aromatic carbocycles. The van der Waals surface area contributed by atoms with Gasteiger partial charge in [0.05, 0.1) is 18.2 Å². The number of methoxy groups -OCH3 is 1. The van der Waals surface area contributed by atoms with E-state index in [4.69, 9.17) is 4.74 Å². The first kappa shape index (κ1) is 13.2. The van der Waals surface area contributed by atoms with E-state index in [2.05, 4.69) is 10.4 Å². The van der Waals surface area contributed by atoms with Gasteiger partial charge < -0.3 is 15.2 Å². The number of aromatic nitrogens is 2. The molecule has 0 amide bonds. The largest absolute Gasteiger partial charge is 0.390 e. The van der Waals surface area contributed by atoms with Gasteiger partial charge in [-0.05, 0) is 19.9 Å². The van der Waals surface area contributed by atoms with Crippen LogP contribution in [0.15, 0.2) is 18.5 Å². The summed E-state index contributed by atoms with van der Waals surface area (Å²) in [6.07, 6.45) is 3.10. The number of ether oxygens (including phenoxy) is 1. The number of rotatable bonds is 7. The van der Waals surface area contributed by atoms with Crippen LogP contribution in [0.4, 0.5) is 0 Å². The zero-order valence-corrected chi connectivity index (χ0v) is 10.2. The molecule has 0 saturated carbocycles. The Morgan fingerprint density at radius 1 is 1.56 bits per heavy atom. The van der Waals surface area contributed by atoms with Crippen LogP contribution in [-0.2, 0) is 11.3 Å². The highest BCUT2D eigenvalue weighted by Crippen LogP contribution is 2.04. The van der Waals surface area contributed by atoms with Crippen LogP contribution in [0, 0.1) is 0 Å². The summed E-state index contributed by atoms with van der Waals surface area (Å²) < 4.78 is 6.98. The smallest absolute Gasteiger partial charge is 0.0860 e. The van der Waals surface area contributed by atoms with E-state index >= 15 is 0 Å². The molecule has 92 valence electrons. The van der Waals surface area contributed by atoms with Gasteiger partial charge in [-0.25, -0.2) is 0 Å². The molecule has 5 heteroatoms. The lowest BCUT2D eigenvalue weighted by atomic mass is 10.1. The maximum absolute atomic E-state index is 9.73. The number of hydrogen-bond donors (Lipinski definition) is 2. The van der Waals surface area contributed by atoms with Gasteiger partial charge in [-0.2, -0.15) is 5.10 Å². The van der Waals surface area contributed by atoms with Gasteiger partial charge in [0.1, 0.15) is 0 Å².